The van der Waals surface area contributed by atoms with Gasteiger partial charge in [-0.3, -0.25) is 4.79 Å². The monoisotopic (exact) mass is 195 g/mol. The highest BCUT2D eigenvalue weighted by atomic mass is 16.2. The summed E-state index contributed by atoms with van der Waals surface area (Å²) in [6.07, 6.45) is 0.771. The molecule has 0 spiro atoms. The lowest BCUT2D eigenvalue weighted by Crippen LogP contribution is -2.31. The van der Waals surface area contributed by atoms with Crippen LogP contribution < -0.4 is 0 Å². The van der Waals surface area contributed by atoms with E-state index in [1.165, 1.54) is 0 Å². The topological polar surface area (TPSA) is 20.3 Å². The van der Waals surface area contributed by atoms with Crippen molar-refractivity contribution in [2.45, 2.75) is 34.1 Å². The quantitative estimate of drug-likeness (QED) is 0.632. The largest absolute Gasteiger partial charge is 0.345 e. The van der Waals surface area contributed by atoms with Crippen molar-refractivity contribution >= 4 is 5.91 Å². The van der Waals surface area contributed by atoms with Crippen molar-refractivity contribution in [1.29, 1.82) is 0 Å². The molecule has 0 fully saturated rings. The van der Waals surface area contributed by atoms with Gasteiger partial charge in [0.1, 0.15) is 0 Å². The van der Waals surface area contributed by atoms with Crippen LogP contribution in [0.4, 0.5) is 0 Å². The summed E-state index contributed by atoms with van der Waals surface area (Å²) in [5.41, 5.74) is 0. The zero-order valence-electron chi connectivity index (χ0n) is 9.92. The van der Waals surface area contributed by atoms with Crippen LogP contribution in [0.3, 0.4) is 0 Å². The second-order valence-corrected chi connectivity index (χ2v) is 4.14. The van der Waals surface area contributed by atoms with E-state index in [0.717, 1.165) is 13.0 Å². The van der Waals surface area contributed by atoms with E-state index < -0.39 is 0 Å². The fourth-order valence-electron chi connectivity index (χ4n) is 1.05. The van der Waals surface area contributed by atoms with Crippen LogP contribution in [0.5, 0.6) is 0 Å². The van der Waals surface area contributed by atoms with E-state index in [2.05, 4.69) is 25.7 Å². The molecule has 0 saturated heterocycles. The molecular formula is C12H21NO. The maximum atomic E-state index is 11.4. The second kappa shape index (κ2) is 6.48. The smallest absolute Gasteiger partial charge is 0.224 e. The first-order valence-electron chi connectivity index (χ1n) is 5.18. The minimum atomic E-state index is 0.0815. The molecule has 80 valence electrons. The van der Waals surface area contributed by atoms with Crippen LogP contribution in [0.25, 0.3) is 0 Å². The molecule has 0 radical (unpaired) electrons. The van der Waals surface area contributed by atoms with Gasteiger partial charge in [0.2, 0.25) is 5.91 Å². The molecule has 2 heteroatoms. The molecule has 2 nitrogen and oxygen atoms in total. The molecule has 0 heterocycles. The number of amides is 1. The molecule has 14 heavy (non-hydrogen) atoms. The van der Waals surface area contributed by atoms with Gasteiger partial charge in [-0.1, -0.05) is 27.7 Å². The summed E-state index contributed by atoms with van der Waals surface area (Å²) in [6.45, 7) is 8.69. The summed E-state index contributed by atoms with van der Waals surface area (Å²) in [6, 6.07) is 0. The Balaban J connectivity index is 3.82. The zero-order valence-corrected chi connectivity index (χ0v) is 9.92. The summed E-state index contributed by atoms with van der Waals surface area (Å²) in [7, 11) is 1.83. The molecule has 0 aliphatic heterocycles. The Morgan fingerprint density at radius 1 is 1.29 bits per heavy atom. The van der Waals surface area contributed by atoms with Crippen LogP contribution in [-0.4, -0.2) is 24.4 Å². The van der Waals surface area contributed by atoms with Crippen LogP contribution in [-0.2, 0) is 4.79 Å². The SMILES string of the molecule is CC(C)C#CCCN(C)C(=O)C(C)C. The van der Waals surface area contributed by atoms with Gasteiger partial charge in [0, 0.05) is 31.8 Å². The predicted molar refractivity (Wildman–Crippen MR) is 59.7 cm³/mol. The average Bonchev–Trinajstić information content (AvgIpc) is 2.10. The van der Waals surface area contributed by atoms with E-state index >= 15 is 0 Å². The van der Waals surface area contributed by atoms with Crippen LogP contribution in [0.2, 0.25) is 0 Å². The third-order valence-corrected chi connectivity index (χ3v) is 1.83. The van der Waals surface area contributed by atoms with Gasteiger partial charge >= 0.3 is 0 Å². The standard InChI is InChI=1S/C12H21NO/c1-10(2)8-6-7-9-13(5)12(14)11(3)4/h10-11H,7,9H2,1-5H3. The highest BCUT2D eigenvalue weighted by Crippen LogP contribution is 1.99. The number of hydrogen-bond donors (Lipinski definition) is 0. The first-order chi connectivity index (χ1) is 6.45. The fourth-order valence-corrected chi connectivity index (χ4v) is 1.05. The third kappa shape index (κ3) is 5.64. The average molecular weight is 195 g/mol. The molecule has 1 amide bonds. The molecule has 0 rings (SSSR count). The summed E-state index contributed by atoms with van der Waals surface area (Å²) in [5, 5.41) is 0. The van der Waals surface area contributed by atoms with Gasteiger partial charge in [0.25, 0.3) is 0 Å². The van der Waals surface area contributed by atoms with E-state index in [4.69, 9.17) is 0 Å². The van der Waals surface area contributed by atoms with Gasteiger partial charge in [-0.15, -0.1) is 11.8 Å². The maximum absolute atomic E-state index is 11.4. The Bertz CT molecular complexity index is 232. The first-order valence-corrected chi connectivity index (χ1v) is 5.18. The third-order valence-electron chi connectivity index (χ3n) is 1.83. The lowest BCUT2D eigenvalue weighted by Gasteiger charge is -2.17. The molecule has 0 aromatic rings. The lowest BCUT2D eigenvalue weighted by atomic mass is 10.2. The highest BCUT2D eigenvalue weighted by molar-refractivity contribution is 5.77. The Morgan fingerprint density at radius 3 is 2.29 bits per heavy atom. The molecule has 0 aromatic heterocycles. The lowest BCUT2D eigenvalue weighted by molar-refractivity contribution is -0.133. The van der Waals surface area contributed by atoms with Gasteiger partial charge in [0.05, 0.1) is 0 Å². The fraction of sp³-hybridized carbons (Fsp3) is 0.750. The summed E-state index contributed by atoms with van der Waals surface area (Å²) in [5.74, 6) is 6.84. The molecule has 0 bridgehead atoms. The van der Waals surface area contributed by atoms with E-state index in [-0.39, 0.29) is 11.8 Å². The Kier molecular flexibility index (Phi) is 6.03. The van der Waals surface area contributed by atoms with Gasteiger partial charge < -0.3 is 4.90 Å². The minimum absolute atomic E-state index is 0.0815. The van der Waals surface area contributed by atoms with Crippen molar-refractivity contribution < 1.29 is 4.79 Å². The van der Waals surface area contributed by atoms with Crippen molar-refractivity contribution in [2.75, 3.05) is 13.6 Å². The number of carbonyl (C=O) groups is 1. The number of hydrogen-bond acceptors (Lipinski definition) is 1. The minimum Gasteiger partial charge on any atom is -0.345 e. The van der Waals surface area contributed by atoms with Gasteiger partial charge in [-0.25, -0.2) is 0 Å². The second-order valence-electron chi connectivity index (χ2n) is 4.14. The van der Waals surface area contributed by atoms with E-state index in [1.807, 2.05) is 20.9 Å². The Labute approximate surface area is 87.7 Å². The van der Waals surface area contributed by atoms with Crippen LogP contribution in [0.1, 0.15) is 34.1 Å². The summed E-state index contributed by atoms with van der Waals surface area (Å²) >= 11 is 0. The molecular weight excluding hydrogens is 174 g/mol. The Hall–Kier alpha value is -0.970. The van der Waals surface area contributed by atoms with E-state index in [0.29, 0.717) is 5.92 Å². The van der Waals surface area contributed by atoms with E-state index in [1.54, 1.807) is 4.90 Å². The molecule has 0 atom stereocenters. The van der Waals surface area contributed by atoms with Crippen molar-refractivity contribution in [3.05, 3.63) is 0 Å². The maximum Gasteiger partial charge on any atom is 0.224 e. The van der Waals surface area contributed by atoms with Crippen LogP contribution in [0.15, 0.2) is 0 Å². The zero-order chi connectivity index (χ0) is 11.1. The first kappa shape index (κ1) is 13.0. The van der Waals surface area contributed by atoms with Gasteiger partial charge in [-0.2, -0.15) is 0 Å². The molecule has 0 saturated carbocycles. The molecule has 0 aliphatic rings. The molecule has 0 aliphatic carbocycles. The predicted octanol–water partition coefficient (Wildman–Crippen LogP) is 2.15. The normalized spacial score (nSPS) is 9.93. The van der Waals surface area contributed by atoms with Crippen molar-refractivity contribution in [3.63, 3.8) is 0 Å². The van der Waals surface area contributed by atoms with Crippen LogP contribution in [0, 0.1) is 23.7 Å². The highest BCUT2D eigenvalue weighted by Gasteiger charge is 2.11. The Morgan fingerprint density at radius 2 is 1.86 bits per heavy atom. The van der Waals surface area contributed by atoms with Crippen molar-refractivity contribution in [1.82, 2.24) is 4.90 Å². The summed E-state index contributed by atoms with van der Waals surface area (Å²) < 4.78 is 0. The van der Waals surface area contributed by atoms with E-state index in [9.17, 15) is 4.79 Å². The number of nitrogens with zero attached hydrogens (tertiary/aromatic N) is 1. The number of carbonyl (C=O) groups excluding carboxylic acids is 1. The number of rotatable bonds is 3. The van der Waals surface area contributed by atoms with Crippen LogP contribution >= 0.6 is 0 Å². The van der Waals surface area contributed by atoms with Gasteiger partial charge in [0.15, 0.2) is 0 Å². The van der Waals surface area contributed by atoms with Crippen molar-refractivity contribution in [2.24, 2.45) is 11.8 Å². The van der Waals surface area contributed by atoms with Crippen molar-refractivity contribution in [3.8, 4) is 11.8 Å². The molecule has 0 aromatic carbocycles. The van der Waals surface area contributed by atoms with Gasteiger partial charge in [-0.05, 0) is 0 Å². The summed E-state index contributed by atoms with van der Waals surface area (Å²) in [4.78, 5) is 13.2. The molecule has 0 unspecified atom stereocenters. The molecule has 0 N–H and O–H groups in total.